The lowest BCUT2D eigenvalue weighted by molar-refractivity contribution is -0.139. The van der Waals surface area contributed by atoms with E-state index in [1.54, 1.807) is 6.07 Å². The smallest absolute Gasteiger partial charge is 0.310 e. The number of hydrogen-bond donors (Lipinski definition) is 0. The van der Waals surface area contributed by atoms with E-state index in [2.05, 4.69) is 20.7 Å². The highest BCUT2D eigenvalue weighted by Gasteiger charge is 2.13. The molecule has 0 aromatic heterocycles. The van der Waals surface area contributed by atoms with Crippen LogP contribution in [0.5, 0.6) is 11.5 Å². The minimum Gasteiger partial charge on any atom is -0.493 e. The molecule has 4 nitrogen and oxygen atoms in total. The van der Waals surface area contributed by atoms with E-state index in [0.29, 0.717) is 24.7 Å². The minimum absolute atomic E-state index is 0.177. The molecule has 0 aliphatic heterocycles. The monoisotopic (exact) mass is 316 g/mol. The predicted molar refractivity (Wildman–Crippen MR) is 72.2 cm³/mol. The first-order chi connectivity index (χ1) is 8.62. The molecule has 0 aliphatic rings. The zero-order valence-corrected chi connectivity index (χ0v) is 12.4. The molecular formula is C13H17BrO4. The molecule has 0 unspecified atom stereocenters. The van der Waals surface area contributed by atoms with Crippen LogP contribution in [0.25, 0.3) is 0 Å². The van der Waals surface area contributed by atoms with Crippen molar-refractivity contribution in [2.45, 2.75) is 20.3 Å². The molecule has 1 rings (SSSR count). The highest BCUT2D eigenvalue weighted by molar-refractivity contribution is 9.10. The number of ether oxygens (including phenoxy) is 3. The summed E-state index contributed by atoms with van der Waals surface area (Å²) in [5.74, 6) is 1.05. The van der Waals surface area contributed by atoms with Gasteiger partial charge in [0.15, 0.2) is 0 Å². The molecular weight excluding hydrogens is 300 g/mol. The molecule has 1 aromatic carbocycles. The molecule has 18 heavy (non-hydrogen) atoms. The second-order valence-corrected chi connectivity index (χ2v) is 4.36. The topological polar surface area (TPSA) is 44.8 Å². The van der Waals surface area contributed by atoms with Crippen LogP contribution >= 0.6 is 15.9 Å². The van der Waals surface area contributed by atoms with E-state index in [9.17, 15) is 4.79 Å². The molecule has 0 fully saturated rings. The van der Waals surface area contributed by atoms with Crippen molar-refractivity contribution in [1.29, 1.82) is 0 Å². The van der Waals surface area contributed by atoms with E-state index in [4.69, 9.17) is 9.47 Å². The quantitative estimate of drug-likeness (QED) is 0.757. The lowest BCUT2D eigenvalue weighted by Crippen LogP contribution is -2.07. The lowest BCUT2D eigenvalue weighted by Gasteiger charge is -2.13. The molecule has 0 bridgehead atoms. The summed E-state index contributed by atoms with van der Waals surface area (Å²) in [5, 5.41) is 0. The SMILES string of the molecule is CCOc1cc(OCC)c(CC(=O)OC)cc1Br. The van der Waals surface area contributed by atoms with Crippen molar-refractivity contribution >= 4 is 21.9 Å². The van der Waals surface area contributed by atoms with Gasteiger partial charge in [0.1, 0.15) is 11.5 Å². The number of rotatable bonds is 6. The maximum absolute atomic E-state index is 11.3. The number of hydrogen-bond acceptors (Lipinski definition) is 4. The second kappa shape index (κ2) is 7.26. The highest BCUT2D eigenvalue weighted by Crippen LogP contribution is 2.33. The van der Waals surface area contributed by atoms with Gasteiger partial charge in [-0.25, -0.2) is 0 Å². The highest BCUT2D eigenvalue weighted by atomic mass is 79.9. The summed E-state index contributed by atoms with van der Waals surface area (Å²) >= 11 is 3.41. The van der Waals surface area contributed by atoms with Crippen molar-refractivity contribution in [3.8, 4) is 11.5 Å². The Morgan fingerprint density at radius 2 is 1.78 bits per heavy atom. The predicted octanol–water partition coefficient (Wildman–Crippen LogP) is 2.96. The standard InChI is InChI=1S/C13H17BrO4/c1-4-17-11-8-12(18-5-2)10(14)6-9(11)7-13(15)16-3/h6,8H,4-5,7H2,1-3H3. The van der Waals surface area contributed by atoms with Gasteiger partial charge >= 0.3 is 5.97 Å². The zero-order valence-electron chi connectivity index (χ0n) is 10.8. The van der Waals surface area contributed by atoms with E-state index in [1.165, 1.54) is 7.11 Å². The number of carbonyl (C=O) groups excluding carboxylic acids is 1. The third kappa shape index (κ3) is 3.91. The van der Waals surface area contributed by atoms with Crippen LogP contribution < -0.4 is 9.47 Å². The fourth-order valence-electron chi connectivity index (χ4n) is 1.50. The summed E-state index contributed by atoms with van der Waals surface area (Å²) < 4.78 is 16.4. The average Bonchev–Trinajstić information content (AvgIpc) is 2.35. The maximum Gasteiger partial charge on any atom is 0.310 e. The third-order valence-corrected chi connectivity index (χ3v) is 2.90. The summed E-state index contributed by atoms with van der Waals surface area (Å²) in [6.45, 7) is 4.90. The van der Waals surface area contributed by atoms with Crippen LogP contribution in [0.4, 0.5) is 0 Å². The van der Waals surface area contributed by atoms with Crippen LogP contribution in [0, 0.1) is 0 Å². The van der Waals surface area contributed by atoms with Crippen molar-refractivity contribution in [2.75, 3.05) is 20.3 Å². The van der Waals surface area contributed by atoms with Crippen LogP contribution in [0.1, 0.15) is 19.4 Å². The number of esters is 1. The summed E-state index contributed by atoms with van der Waals surface area (Å²) in [4.78, 5) is 11.3. The molecule has 0 N–H and O–H groups in total. The fourth-order valence-corrected chi connectivity index (χ4v) is 2.00. The average molecular weight is 317 g/mol. The summed E-state index contributed by atoms with van der Waals surface area (Å²) in [6, 6.07) is 3.61. The zero-order chi connectivity index (χ0) is 13.5. The van der Waals surface area contributed by atoms with Crippen molar-refractivity contribution in [3.05, 3.63) is 22.2 Å². The Morgan fingerprint density at radius 3 is 2.33 bits per heavy atom. The van der Waals surface area contributed by atoms with Crippen LogP contribution in [-0.4, -0.2) is 26.3 Å². The molecule has 0 radical (unpaired) electrons. The van der Waals surface area contributed by atoms with Crippen LogP contribution in [0.15, 0.2) is 16.6 Å². The van der Waals surface area contributed by atoms with E-state index in [0.717, 1.165) is 10.0 Å². The molecule has 0 saturated heterocycles. The molecule has 0 heterocycles. The third-order valence-electron chi connectivity index (χ3n) is 2.28. The fraction of sp³-hybridized carbons (Fsp3) is 0.462. The second-order valence-electron chi connectivity index (χ2n) is 3.51. The van der Waals surface area contributed by atoms with Gasteiger partial charge in [0, 0.05) is 11.6 Å². The van der Waals surface area contributed by atoms with Crippen molar-refractivity contribution in [2.24, 2.45) is 0 Å². The van der Waals surface area contributed by atoms with Gasteiger partial charge in [0.05, 0.1) is 31.2 Å². The van der Waals surface area contributed by atoms with Gasteiger partial charge < -0.3 is 14.2 Å². The van der Waals surface area contributed by atoms with Gasteiger partial charge in [-0.15, -0.1) is 0 Å². The number of methoxy groups -OCH3 is 1. The molecule has 5 heteroatoms. The Balaban J connectivity index is 3.07. The molecule has 0 amide bonds. The Labute approximate surface area is 115 Å². The molecule has 1 aromatic rings. The van der Waals surface area contributed by atoms with Gasteiger partial charge in [-0.05, 0) is 35.8 Å². The Morgan fingerprint density at radius 1 is 1.17 bits per heavy atom. The molecule has 0 saturated carbocycles. The van der Waals surface area contributed by atoms with Crippen LogP contribution in [0.3, 0.4) is 0 Å². The van der Waals surface area contributed by atoms with E-state index in [1.807, 2.05) is 19.9 Å². The first-order valence-electron chi connectivity index (χ1n) is 5.77. The number of carbonyl (C=O) groups is 1. The van der Waals surface area contributed by atoms with Crippen molar-refractivity contribution in [1.82, 2.24) is 0 Å². The Kier molecular flexibility index (Phi) is 5.98. The number of halogens is 1. The maximum atomic E-state index is 11.3. The summed E-state index contributed by atoms with van der Waals surface area (Å²) in [6.07, 6.45) is 0.177. The molecule has 0 aliphatic carbocycles. The largest absolute Gasteiger partial charge is 0.493 e. The van der Waals surface area contributed by atoms with Crippen LogP contribution in [0.2, 0.25) is 0 Å². The number of benzene rings is 1. The normalized spacial score (nSPS) is 10.0. The van der Waals surface area contributed by atoms with Crippen molar-refractivity contribution < 1.29 is 19.0 Å². The van der Waals surface area contributed by atoms with Crippen LogP contribution in [-0.2, 0) is 16.0 Å². The molecule has 100 valence electrons. The van der Waals surface area contributed by atoms with Gasteiger partial charge in [-0.2, -0.15) is 0 Å². The van der Waals surface area contributed by atoms with E-state index in [-0.39, 0.29) is 12.4 Å². The van der Waals surface area contributed by atoms with Gasteiger partial charge in [0.25, 0.3) is 0 Å². The summed E-state index contributed by atoms with van der Waals surface area (Å²) in [5.41, 5.74) is 0.777. The molecule has 0 spiro atoms. The Bertz CT molecular complexity index is 418. The minimum atomic E-state index is -0.299. The van der Waals surface area contributed by atoms with Crippen molar-refractivity contribution in [3.63, 3.8) is 0 Å². The first kappa shape index (κ1) is 14.8. The van der Waals surface area contributed by atoms with Gasteiger partial charge in [-0.3, -0.25) is 4.79 Å². The van der Waals surface area contributed by atoms with E-state index < -0.39 is 0 Å². The summed E-state index contributed by atoms with van der Waals surface area (Å²) in [7, 11) is 1.37. The van der Waals surface area contributed by atoms with Gasteiger partial charge in [-0.1, -0.05) is 0 Å². The van der Waals surface area contributed by atoms with E-state index >= 15 is 0 Å². The molecule has 0 atom stereocenters. The first-order valence-corrected chi connectivity index (χ1v) is 6.56. The lowest BCUT2D eigenvalue weighted by atomic mass is 10.1. The Hall–Kier alpha value is -1.23. The van der Waals surface area contributed by atoms with Gasteiger partial charge in [0.2, 0.25) is 0 Å².